The topological polar surface area (TPSA) is 222 Å². The molecule has 4 atom stereocenters. The van der Waals surface area contributed by atoms with Crippen LogP contribution in [0.3, 0.4) is 0 Å². The van der Waals surface area contributed by atoms with E-state index in [0.717, 1.165) is 64.2 Å². The number of carbonyl (C=O) groups is 4. The molecule has 0 amide bonds. The van der Waals surface area contributed by atoms with Gasteiger partial charge in [0.1, 0.15) is 39.5 Å². The number of quaternary nitrogens is 2. The van der Waals surface area contributed by atoms with Crippen molar-refractivity contribution in [2.45, 2.75) is 579 Å². The van der Waals surface area contributed by atoms with Gasteiger partial charge in [-0.25, -0.2) is 0 Å². The molecule has 0 fully saturated rings. The summed E-state index contributed by atoms with van der Waals surface area (Å²) < 4.78 is 68.3. The number of phosphoric ester groups is 2. The number of unbranched alkanes of at least 4 members (excludes halogenated alkanes) is 76. The molecule has 0 aliphatic carbocycles. The van der Waals surface area contributed by atoms with Crippen molar-refractivity contribution in [3.05, 3.63) is 0 Å². The van der Waals surface area contributed by atoms with E-state index in [1.807, 2.05) is 42.3 Å². The smallest absolute Gasteiger partial charge is 0.306 e. The Morgan fingerprint density at radius 2 is 0.352 bits per heavy atom. The lowest BCUT2D eigenvalue weighted by molar-refractivity contribution is -0.870. The minimum absolute atomic E-state index is 0.0252. The van der Waals surface area contributed by atoms with Crippen molar-refractivity contribution in [2.24, 2.45) is 0 Å². The van der Waals surface area contributed by atoms with Crippen LogP contribution in [-0.4, -0.2) is 140 Å². The molecule has 0 aromatic rings. The predicted octanol–water partition coefficient (Wildman–Crippen LogP) is 32.1. The van der Waals surface area contributed by atoms with Crippen LogP contribution in [0.15, 0.2) is 0 Å². The van der Waals surface area contributed by atoms with Gasteiger partial charge in [0.2, 0.25) is 0 Å². The number of hydrogen-bond acceptors (Lipinski definition) is 16. The molecule has 764 valence electrons. The maximum atomic E-state index is 12.8. The fourth-order valence-electron chi connectivity index (χ4n) is 16.6. The summed E-state index contributed by atoms with van der Waals surface area (Å²) in [6, 6.07) is 0. The molecule has 128 heavy (non-hydrogen) atoms. The molecular weight excluding hydrogens is 1640 g/mol. The number of likely N-dealkylation sites (N-methyl/N-ethyl adjacent to an activating group) is 2. The van der Waals surface area contributed by atoms with E-state index in [0.29, 0.717) is 34.9 Å². The van der Waals surface area contributed by atoms with Gasteiger partial charge in [-0.2, -0.15) is 0 Å². The van der Waals surface area contributed by atoms with Crippen LogP contribution in [-0.2, 0) is 65.4 Å². The van der Waals surface area contributed by atoms with E-state index in [-0.39, 0.29) is 64.0 Å². The number of ether oxygens (including phenoxy) is 4. The van der Waals surface area contributed by atoms with Gasteiger partial charge in [0.15, 0.2) is 12.2 Å². The van der Waals surface area contributed by atoms with E-state index < -0.39 is 53.0 Å². The van der Waals surface area contributed by atoms with Crippen molar-refractivity contribution in [2.75, 3.05) is 95.0 Å². The van der Waals surface area contributed by atoms with Crippen molar-refractivity contribution < 1.29 is 84.1 Å². The van der Waals surface area contributed by atoms with Crippen molar-refractivity contribution in [3.8, 4) is 0 Å². The molecule has 0 bridgehead atoms. The summed E-state index contributed by atoms with van der Waals surface area (Å²) in [5, 5.41) is 0. The van der Waals surface area contributed by atoms with Gasteiger partial charge in [-0.1, -0.05) is 516 Å². The molecule has 0 N–H and O–H groups in total. The first kappa shape index (κ1) is 128. The van der Waals surface area contributed by atoms with E-state index in [1.165, 1.54) is 437 Å². The first-order valence-corrected chi connectivity index (χ1v) is 58.4. The summed E-state index contributed by atoms with van der Waals surface area (Å²) in [5.41, 5.74) is 0. The van der Waals surface area contributed by atoms with E-state index in [4.69, 9.17) is 37.0 Å². The Bertz CT molecular complexity index is 2270. The molecule has 18 nitrogen and oxygen atoms in total. The third-order valence-electron chi connectivity index (χ3n) is 25.3. The highest BCUT2D eigenvalue weighted by atomic mass is 31.2. The summed E-state index contributed by atoms with van der Waals surface area (Å²) in [5.74, 6) is -1.62. The minimum atomic E-state index is -4.62. The fourth-order valence-corrected chi connectivity index (χ4v) is 18.1. The molecule has 0 heterocycles. The molecule has 2 unspecified atom stereocenters. The van der Waals surface area contributed by atoms with Gasteiger partial charge in [0.05, 0.1) is 55.5 Å². The molecule has 0 aromatic heterocycles. The monoisotopic (exact) mass is 1860 g/mol. The highest BCUT2D eigenvalue weighted by Gasteiger charge is 2.25. The van der Waals surface area contributed by atoms with E-state index in [2.05, 4.69) is 27.7 Å². The highest BCUT2D eigenvalue weighted by Crippen LogP contribution is 2.40. The molecule has 0 spiro atoms. The molecule has 0 saturated heterocycles. The first-order valence-electron chi connectivity index (χ1n) is 55.5. The maximum Gasteiger partial charge on any atom is 0.306 e. The normalized spacial score (nSPS) is 13.3. The molecule has 0 saturated carbocycles. The summed E-state index contributed by atoms with van der Waals surface area (Å²) in [6.07, 6.45) is 103. The van der Waals surface area contributed by atoms with Crippen LogP contribution in [0.4, 0.5) is 0 Å². The van der Waals surface area contributed by atoms with Crippen LogP contribution in [0.1, 0.15) is 567 Å². The summed E-state index contributed by atoms with van der Waals surface area (Å²) in [6.45, 7) is 8.61. The molecule has 0 aliphatic rings. The number of esters is 4. The maximum absolute atomic E-state index is 12.8. The van der Waals surface area contributed by atoms with Crippen LogP contribution in [0.25, 0.3) is 0 Å². The van der Waals surface area contributed by atoms with E-state index in [9.17, 15) is 38.1 Å². The largest absolute Gasteiger partial charge is 0.756 e. The van der Waals surface area contributed by atoms with Crippen LogP contribution in [0.5, 0.6) is 0 Å². The second-order valence-electron chi connectivity index (χ2n) is 40.6. The van der Waals surface area contributed by atoms with Crippen LogP contribution >= 0.6 is 15.6 Å². The van der Waals surface area contributed by atoms with Gasteiger partial charge >= 0.3 is 23.9 Å². The third-order valence-corrected chi connectivity index (χ3v) is 27.2. The highest BCUT2D eigenvalue weighted by molar-refractivity contribution is 7.46. The van der Waals surface area contributed by atoms with Gasteiger partial charge in [-0.3, -0.25) is 28.3 Å². The lowest BCUT2D eigenvalue weighted by atomic mass is 10.0. The molecule has 0 aliphatic heterocycles. The number of phosphoric acid groups is 2. The standard InChI is InChI=1S/2C54H108NO8P/c2*1-6-8-10-12-14-16-18-20-22-24-26-28-30-32-34-36-38-40-42-44-46-53(56)60-50-52(51-62-64(58,59)61-49-48-55(3,4)5)63-54(57)47-45-43-41-39-37-35-33-31-29-27-25-23-21-19-17-15-13-11-9-7-2/h2*52H,6-51H2,1-5H3/t2*52-/m11/s1. The van der Waals surface area contributed by atoms with Crippen LogP contribution in [0, 0.1) is 0 Å². The Morgan fingerprint density at radius 1 is 0.211 bits per heavy atom. The Labute approximate surface area is 793 Å². The second kappa shape index (κ2) is 98.1. The summed E-state index contributed by atoms with van der Waals surface area (Å²) in [7, 11) is 2.38. The quantitative estimate of drug-likeness (QED) is 0.0181. The minimum Gasteiger partial charge on any atom is -0.756 e. The van der Waals surface area contributed by atoms with Gasteiger partial charge in [-0.05, 0) is 25.7 Å². The number of carbonyl (C=O) groups excluding carboxylic acids is 4. The average Bonchev–Trinajstić information content (AvgIpc) is 0.905. The molecule has 0 radical (unpaired) electrons. The van der Waals surface area contributed by atoms with Crippen molar-refractivity contribution in [1.82, 2.24) is 0 Å². The zero-order valence-electron chi connectivity index (χ0n) is 86.5. The Morgan fingerprint density at radius 3 is 0.500 bits per heavy atom. The van der Waals surface area contributed by atoms with Crippen LogP contribution in [0.2, 0.25) is 0 Å². The molecule has 0 rings (SSSR count). The van der Waals surface area contributed by atoms with Crippen molar-refractivity contribution in [3.63, 3.8) is 0 Å². The number of nitrogens with zero attached hydrogens (tertiary/aromatic N) is 2. The van der Waals surface area contributed by atoms with Gasteiger partial charge in [0.25, 0.3) is 15.6 Å². The van der Waals surface area contributed by atoms with Crippen molar-refractivity contribution >= 4 is 39.5 Å². The summed E-state index contributed by atoms with van der Waals surface area (Å²) >= 11 is 0. The lowest BCUT2D eigenvalue weighted by Gasteiger charge is -2.28. The van der Waals surface area contributed by atoms with E-state index >= 15 is 0 Å². The SMILES string of the molecule is CCCCCCCCCCCCCCCCCCCCCCC(=O)OC[C@H](COP(=O)([O-])OCC[N+](C)(C)C)OC(=O)CCCCCCCCCCCCCCCCCCCCCC.CCCCCCCCCCCCCCCCCCCCCCC(=O)OC[C@H](COP(=O)([O-])OCC[N+](C)(C)C)OC(=O)CCCCCCCCCCCCCCCCCCCCCC. The molecule has 20 heteroatoms. The zero-order valence-corrected chi connectivity index (χ0v) is 88.3. The average molecular weight is 1860 g/mol. The number of hydrogen-bond donors (Lipinski definition) is 0. The third kappa shape index (κ3) is 108. The van der Waals surface area contributed by atoms with Gasteiger partial charge in [-0.15, -0.1) is 0 Å². The molecule has 0 aromatic carbocycles. The molecular formula is C108H216N2O16P2. The van der Waals surface area contributed by atoms with E-state index in [1.54, 1.807) is 0 Å². The summed E-state index contributed by atoms with van der Waals surface area (Å²) in [4.78, 5) is 75.6. The van der Waals surface area contributed by atoms with Gasteiger partial charge in [0, 0.05) is 25.7 Å². The van der Waals surface area contributed by atoms with Crippen molar-refractivity contribution in [1.29, 1.82) is 0 Å². The lowest BCUT2D eigenvalue weighted by Crippen LogP contribution is -2.37. The Kier molecular flexibility index (Phi) is 98.1. The predicted molar refractivity (Wildman–Crippen MR) is 537 cm³/mol. The van der Waals surface area contributed by atoms with Gasteiger partial charge < -0.3 is 55.8 Å². The fraction of sp³-hybridized carbons (Fsp3) is 0.963. The Balaban J connectivity index is 0. The Hall–Kier alpha value is -1.98. The first-order chi connectivity index (χ1) is 62.0. The number of rotatable bonds is 104. The van der Waals surface area contributed by atoms with Crippen LogP contribution < -0.4 is 9.79 Å². The zero-order chi connectivity index (χ0) is 94.2. The second-order valence-corrected chi connectivity index (χ2v) is 43.5.